The second kappa shape index (κ2) is 10.4. The standard InChI is InChI=1S/C15H26N6OS2/c1-2-17-14(18-6-3-10-23-15-19-7-11-24-15)20-12-4-8-21(9-5-12)13(16)22/h7,11-12H,2-6,8-10H2,1H3,(H2,16,22)(H2,17,18,20). The molecule has 1 aromatic rings. The molecular weight excluding hydrogens is 344 g/mol. The molecule has 0 saturated carbocycles. The third-order valence-electron chi connectivity index (χ3n) is 3.70. The van der Waals surface area contributed by atoms with Crippen molar-refractivity contribution in [1.82, 2.24) is 20.5 Å². The Bertz CT molecular complexity index is 514. The van der Waals surface area contributed by atoms with Gasteiger partial charge in [0.2, 0.25) is 0 Å². The molecule has 7 nitrogen and oxygen atoms in total. The van der Waals surface area contributed by atoms with Crippen molar-refractivity contribution in [2.45, 2.75) is 36.6 Å². The van der Waals surface area contributed by atoms with E-state index < -0.39 is 0 Å². The number of thiazole rings is 1. The van der Waals surface area contributed by atoms with E-state index in [0.29, 0.717) is 19.1 Å². The zero-order chi connectivity index (χ0) is 17.2. The Morgan fingerprint density at radius 3 is 2.96 bits per heavy atom. The smallest absolute Gasteiger partial charge is 0.314 e. The lowest BCUT2D eigenvalue weighted by Gasteiger charge is -2.32. The summed E-state index contributed by atoms with van der Waals surface area (Å²) < 4.78 is 1.12. The van der Waals surface area contributed by atoms with E-state index in [4.69, 9.17) is 5.73 Å². The monoisotopic (exact) mass is 370 g/mol. The number of nitrogens with two attached hydrogens (primary N) is 1. The molecule has 0 unspecified atom stereocenters. The number of carbonyl (C=O) groups excluding carboxylic acids is 1. The zero-order valence-electron chi connectivity index (χ0n) is 14.0. The maximum atomic E-state index is 11.2. The summed E-state index contributed by atoms with van der Waals surface area (Å²) in [5, 5.41) is 8.75. The number of rotatable bonds is 7. The number of hydrogen-bond donors (Lipinski definition) is 3. The van der Waals surface area contributed by atoms with Gasteiger partial charge in [-0.3, -0.25) is 4.99 Å². The van der Waals surface area contributed by atoms with Gasteiger partial charge in [-0.1, -0.05) is 11.8 Å². The fraction of sp³-hybridized carbons (Fsp3) is 0.667. The van der Waals surface area contributed by atoms with Crippen LogP contribution in [0.3, 0.4) is 0 Å². The highest BCUT2D eigenvalue weighted by atomic mass is 32.2. The summed E-state index contributed by atoms with van der Waals surface area (Å²) in [4.78, 5) is 21.8. The lowest BCUT2D eigenvalue weighted by atomic mass is 10.1. The Morgan fingerprint density at radius 2 is 2.33 bits per heavy atom. The quantitative estimate of drug-likeness (QED) is 0.294. The molecule has 134 valence electrons. The molecule has 2 rings (SSSR count). The third-order valence-corrected chi connectivity index (χ3v) is 5.75. The predicted molar refractivity (Wildman–Crippen MR) is 101 cm³/mol. The van der Waals surface area contributed by atoms with E-state index in [0.717, 1.165) is 48.4 Å². The Hall–Kier alpha value is -1.48. The molecule has 2 heterocycles. The Kier molecular flexibility index (Phi) is 8.17. The van der Waals surface area contributed by atoms with Gasteiger partial charge in [0.15, 0.2) is 5.96 Å². The van der Waals surface area contributed by atoms with Crippen molar-refractivity contribution >= 4 is 35.1 Å². The largest absolute Gasteiger partial charge is 0.357 e. The molecule has 0 atom stereocenters. The normalized spacial score (nSPS) is 16.2. The number of urea groups is 1. The van der Waals surface area contributed by atoms with Gasteiger partial charge in [-0.2, -0.15) is 0 Å². The highest BCUT2D eigenvalue weighted by Gasteiger charge is 2.21. The molecule has 4 N–H and O–H groups in total. The Morgan fingerprint density at radius 1 is 1.54 bits per heavy atom. The Labute approximate surface area is 151 Å². The average molecular weight is 371 g/mol. The second-order valence-electron chi connectivity index (χ2n) is 5.50. The van der Waals surface area contributed by atoms with Gasteiger partial charge in [-0.15, -0.1) is 11.3 Å². The van der Waals surface area contributed by atoms with E-state index in [1.54, 1.807) is 28.0 Å². The summed E-state index contributed by atoms with van der Waals surface area (Å²) in [6.07, 6.45) is 4.64. The van der Waals surface area contributed by atoms with E-state index >= 15 is 0 Å². The molecule has 9 heteroatoms. The topological polar surface area (TPSA) is 95.6 Å². The first kappa shape index (κ1) is 18.9. The first-order valence-corrected chi connectivity index (χ1v) is 10.2. The maximum absolute atomic E-state index is 11.2. The van der Waals surface area contributed by atoms with Crippen molar-refractivity contribution in [3.63, 3.8) is 0 Å². The van der Waals surface area contributed by atoms with Gasteiger partial charge >= 0.3 is 6.03 Å². The zero-order valence-corrected chi connectivity index (χ0v) is 15.7. The molecule has 0 bridgehead atoms. The minimum atomic E-state index is -0.327. The molecule has 0 aromatic carbocycles. The Balaban J connectivity index is 1.69. The van der Waals surface area contributed by atoms with Crippen molar-refractivity contribution in [3.8, 4) is 0 Å². The molecule has 24 heavy (non-hydrogen) atoms. The number of nitrogens with one attached hydrogen (secondary N) is 2. The van der Waals surface area contributed by atoms with Crippen molar-refractivity contribution in [1.29, 1.82) is 0 Å². The van der Waals surface area contributed by atoms with E-state index in [2.05, 4.69) is 27.5 Å². The maximum Gasteiger partial charge on any atom is 0.314 e. The van der Waals surface area contributed by atoms with Crippen molar-refractivity contribution < 1.29 is 4.79 Å². The molecule has 1 fully saturated rings. The van der Waals surface area contributed by atoms with Gasteiger partial charge in [0.1, 0.15) is 4.34 Å². The van der Waals surface area contributed by atoms with E-state index in [1.807, 2.05) is 11.6 Å². The molecule has 2 amide bonds. The average Bonchev–Trinajstić information content (AvgIpc) is 3.08. The van der Waals surface area contributed by atoms with Gasteiger partial charge in [-0.05, 0) is 26.2 Å². The number of likely N-dealkylation sites (tertiary alicyclic amines) is 1. The van der Waals surface area contributed by atoms with Gasteiger partial charge in [-0.25, -0.2) is 9.78 Å². The lowest BCUT2D eigenvalue weighted by molar-refractivity contribution is 0.188. The van der Waals surface area contributed by atoms with Crippen LogP contribution in [0.1, 0.15) is 26.2 Å². The molecule has 1 saturated heterocycles. The lowest BCUT2D eigenvalue weighted by Crippen LogP contribution is -2.50. The van der Waals surface area contributed by atoms with Crippen LogP contribution in [0.15, 0.2) is 20.9 Å². The fourth-order valence-corrected chi connectivity index (χ4v) is 4.09. The minimum Gasteiger partial charge on any atom is -0.357 e. The number of piperidine rings is 1. The molecule has 0 spiro atoms. The summed E-state index contributed by atoms with van der Waals surface area (Å²) in [6.45, 7) is 5.09. The summed E-state index contributed by atoms with van der Waals surface area (Å²) >= 11 is 3.45. The van der Waals surface area contributed by atoms with Crippen molar-refractivity contribution in [2.24, 2.45) is 10.7 Å². The number of aliphatic imine (C=N–C) groups is 1. The number of amides is 2. The van der Waals surface area contributed by atoms with Crippen LogP contribution in [-0.2, 0) is 0 Å². The van der Waals surface area contributed by atoms with Gasteiger partial charge in [0.05, 0.1) is 0 Å². The van der Waals surface area contributed by atoms with Gasteiger partial charge in [0, 0.05) is 49.6 Å². The summed E-state index contributed by atoms with van der Waals surface area (Å²) in [6, 6.07) is 0.00912. The number of nitrogens with zero attached hydrogens (tertiary/aromatic N) is 3. The van der Waals surface area contributed by atoms with Gasteiger partial charge < -0.3 is 21.3 Å². The number of primary amides is 1. The summed E-state index contributed by atoms with van der Waals surface area (Å²) in [7, 11) is 0. The van der Waals surface area contributed by atoms with Crippen LogP contribution in [0, 0.1) is 0 Å². The number of guanidine groups is 1. The fourth-order valence-electron chi connectivity index (χ4n) is 2.45. The molecule has 1 aliphatic rings. The second-order valence-corrected chi connectivity index (χ2v) is 7.74. The summed E-state index contributed by atoms with van der Waals surface area (Å²) in [5.74, 6) is 1.88. The van der Waals surface area contributed by atoms with Crippen LogP contribution in [0.25, 0.3) is 0 Å². The van der Waals surface area contributed by atoms with Crippen molar-refractivity contribution in [3.05, 3.63) is 11.6 Å². The first-order chi connectivity index (χ1) is 11.7. The number of aromatic nitrogens is 1. The highest BCUT2D eigenvalue weighted by molar-refractivity contribution is 8.00. The minimum absolute atomic E-state index is 0.327. The third kappa shape index (κ3) is 6.56. The van der Waals surface area contributed by atoms with E-state index in [9.17, 15) is 4.79 Å². The number of hydrogen-bond acceptors (Lipinski definition) is 5. The molecule has 1 aliphatic heterocycles. The van der Waals surface area contributed by atoms with Crippen LogP contribution >= 0.6 is 23.1 Å². The molecule has 0 radical (unpaired) electrons. The van der Waals surface area contributed by atoms with E-state index in [1.165, 1.54) is 0 Å². The highest BCUT2D eigenvalue weighted by Crippen LogP contribution is 2.20. The molecule has 0 aliphatic carbocycles. The number of carbonyl (C=O) groups is 1. The van der Waals surface area contributed by atoms with Crippen LogP contribution in [0.4, 0.5) is 4.79 Å². The van der Waals surface area contributed by atoms with Crippen molar-refractivity contribution in [2.75, 3.05) is 31.9 Å². The van der Waals surface area contributed by atoms with Gasteiger partial charge in [0.25, 0.3) is 0 Å². The van der Waals surface area contributed by atoms with Crippen LogP contribution < -0.4 is 16.4 Å². The van der Waals surface area contributed by atoms with Crippen LogP contribution in [0.2, 0.25) is 0 Å². The molecule has 1 aromatic heterocycles. The number of thioether (sulfide) groups is 1. The van der Waals surface area contributed by atoms with Crippen LogP contribution in [0.5, 0.6) is 0 Å². The first-order valence-electron chi connectivity index (χ1n) is 8.30. The summed E-state index contributed by atoms with van der Waals surface area (Å²) in [5.41, 5.74) is 5.32. The SMILES string of the molecule is CCNC(=NCCCSc1nccs1)NC1CCN(C(N)=O)CC1. The van der Waals surface area contributed by atoms with E-state index in [-0.39, 0.29) is 6.03 Å². The molecular formula is C15H26N6OS2. The van der Waals surface area contributed by atoms with Crippen LogP contribution in [-0.4, -0.2) is 59.8 Å². The predicted octanol–water partition coefficient (Wildman–Crippen LogP) is 1.72.